The van der Waals surface area contributed by atoms with Crippen molar-refractivity contribution in [2.24, 2.45) is 11.1 Å². The van der Waals surface area contributed by atoms with Gasteiger partial charge in [0, 0.05) is 26.2 Å². The summed E-state index contributed by atoms with van der Waals surface area (Å²) >= 11 is 0. The number of halogens is 1. The molecule has 1 fully saturated rings. The number of hydrogen-bond acceptors (Lipinski definition) is 4. The second kappa shape index (κ2) is 9.24. The summed E-state index contributed by atoms with van der Waals surface area (Å²) in [7, 11) is 0. The maximum Gasteiger partial charge on any atom is 0.257 e. The van der Waals surface area contributed by atoms with Crippen LogP contribution in [0.3, 0.4) is 0 Å². The van der Waals surface area contributed by atoms with Gasteiger partial charge in [0.2, 0.25) is 5.91 Å². The minimum Gasteiger partial charge on any atom is -0.493 e. The summed E-state index contributed by atoms with van der Waals surface area (Å²) in [5.74, 6) is 0.494. The molecular weight excluding hydrogens is 354 g/mol. The van der Waals surface area contributed by atoms with Crippen LogP contribution in [0.15, 0.2) is 24.3 Å². The second-order valence-corrected chi connectivity index (χ2v) is 7.39. The highest BCUT2D eigenvalue weighted by Gasteiger charge is 2.33. The van der Waals surface area contributed by atoms with Gasteiger partial charge in [0.05, 0.1) is 18.2 Å². The topological polar surface area (TPSA) is 75.9 Å². The van der Waals surface area contributed by atoms with E-state index in [1.807, 2.05) is 39.8 Å². The minimum atomic E-state index is -0.534. The number of ether oxygens (including phenoxy) is 1. The zero-order valence-electron chi connectivity index (χ0n) is 16.0. The molecule has 1 aromatic rings. The van der Waals surface area contributed by atoms with Gasteiger partial charge in [-0.3, -0.25) is 9.59 Å². The van der Waals surface area contributed by atoms with Crippen molar-refractivity contribution in [3.63, 3.8) is 0 Å². The molecule has 26 heavy (non-hydrogen) atoms. The predicted octanol–water partition coefficient (Wildman–Crippen LogP) is 2.16. The van der Waals surface area contributed by atoms with E-state index in [1.165, 1.54) is 0 Å². The normalized spacial score (nSPS) is 15.9. The van der Waals surface area contributed by atoms with Gasteiger partial charge in [0.1, 0.15) is 5.75 Å². The number of piperazine rings is 1. The third-order valence-electron chi connectivity index (χ3n) is 4.49. The van der Waals surface area contributed by atoms with Gasteiger partial charge in [0.15, 0.2) is 0 Å². The van der Waals surface area contributed by atoms with E-state index in [1.54, 1.807) is 21.9 Å². The van der Waals surface area contributed by atoms with Gasteiger partial charge in [-0.15, -0.1) is 12.4 Å². The summed E-state index contributed by atoms with van der Waals surface area (Å²) in [6.45, 7) is 10.3. The monoisotopic (exact) mass is 383 g/mol. The van der Waals surface area contributed by atoms with E-state index >= 15 is 0 Å². The van der Waals surface area contributed by atoms with E-state index in [0.717, 1.165) is 0 Å². The van der Waals surface area contributed by atoms with Crippen LogP contribution in [0.25, 0.3) is 0 Å². The quantitative estimate of drug-likeness (QED) is 0.864. The molecule has 7 heteroatoms. The highest BCUT2D eigenvalue weighted by molar-refractivity contribution is 5.97. The number of carbonyl (C=O) groups excluding carboxylic acids is 2. The Labute approximate surface area is 162 Å². The van der Waals surface area contributed by atoms with Gasteiger partial charge >= 0.3 is 0 Å². The van der Waals surface area contributed by atoms with Crippen LogP contribution < -0.4 is 10.5 Å². The summed E-state index contributed by atoms with van der Waals surface area (Å²) in [6.07, 6.45) is 0. The van der Waals surface area contributed by atoms with E-state index < -0.39 is 6.04 Å². The third-order valence-corrected chi connectivity index (χ3v) is 4.49. The maximum absolute atomic E-state index is 12.8. The van der Waals surface area contributed by atoms with Crippen molar-refractivity contribution in [3.8, 4) is 5.75 Å². The summed E-state index contributed by atoms with van der Waals surface area (Å²) in [6, 6.07) is 6.73. The van der Waals surface area contributed by atoms with E-state index in [4.69, 9.17) is 10.5 Å². The Kier molecular flexibility index (Phi) is 7.90. The lowest BCUT2D eigenvalue weighted by Crippen LogP contribution is -2.57. The lowest BCUT2D eigenvalue weighted by Gasteiger charge is -2.38. The van der Waals surface area contributed by atoms with E-state index in [-0.39, 0.29) is 29.6 Å². The first-order valence-electron chi connectivity index (χ1n) is 8.81. The molecule has 2 rings (SSSR count). The molecule has 1 atom stereocenters. The first-order chi connectivity index (χ1) is 11.8. The van der Waals surface area contributed by atoms with E-state index in [2.05, 4.69) is 0 Å². The number of amides is 2. The van der Waals surface area contributed by atoms with Crippen LogP contribution >= 0.6 is 12.4 Å². The van der Waals surface area contributed by atoms with Crippen molar-refractivity contribution in [3.05, 3.63) is 29.8 Å². The molecule has 0 saturated carbocycles. The second-order valence-electron chi connectivity index (χ2n) is 7.39. The molecule has 0 aliphatic carbocycles. The molecule has 0 spiro atoms. The molecule has 0 bridgehead atoms. The average molecular weight is 384 g/mol. The summed E-state index contributed by atoms with van der Waals surface area (Å²) in [4.78, 5) is 28.8. The zero-order chi connectivity index (χ0) is 18.6. The van der Waals surface area contributed by atoms with Crippen molar-refractivity contribution in [2.45, 2.75) is 33.7 Å². The van der Waals surface area contributed by atoms with Crippen molar-refractivity contribution in [1.29, 1.82) is 0 Å². The van der Waals surface area contributed by atoms with Crippen molar-refractivity contribution >= 4 is 24.2 Å². The zero-order valence-corrected chi connectivity index (χ0v) is 16.8. The summed E-state index contributed by atoms with van der Waals surface area (Å²) in [5.41, 5.74) is 6.36. The fourth-order valence-electron chi connectivity index (χ4n) is 2.79. The van der Waals surface area contributed by atoms with E-state index in [9.17, 15) is 9.59 Å². The van der Waals surface area contributed by atoms with Gasteiger partial charge in [-0.2, -0.15) is 0 Å². The van der Waals surface area contributed by atoms with Crippen LogP contribution in [0.4, 0.5) is 0 Å². The molecule has 1 saturated heterocycles. The number of nitrogens with two attached hydrogens (primary N) is 1. The Bertz CT molecular complexity index is 623. The Morgan fingerprint density at radius 1 is 1.12 bits per heavy atom. The number of nitrogens with zero attached hydrogens (tertiary/aromatic N) is 2. The Morgan fingerprint density at radius 3 is 2.19 bits per heavy atom. The van der Waals surface area contributed by atoms with Gasteiger partial charge in [-0.25, -0.2) is 0 Å². The first kappa shape index (κ1) is 22.3. The molecule has 0 unspecified atom stereocenters. The largest absolute Gasteiger partial charge is 0.493 e. The molecule has 1 aromatic carbocycles. The van der Waals surface area contributed by atoms with Crippen molar-refractivity contribution in [1.82, 2.24) is 9.80 Å². The Morgan fingerprint density at radius 2 is 1.65 bits per heavy atom. The van der Waals surface area contributed by atoms with Crippen LogP contribution in [0.1, 0.15) is 38.1 Å². The fourth-order valence-corrected chi connectivity index (χ4v) is 2.79. The standard InChI is InChI=1S/C19H29N3O3.ClH/c1-5-25-15-9-7-6-8-14(15)17(23)21-10-12-22(13-11-21)18(24)16(20)19(2,3)4;/h6-9,16H,5,10-13,20H2,1-4H3;1H/t16-;/m1./s1. The van der Waals surface area contributed by atoms with Crippen LogP contribution in [-0.4, -0.2) is 60.4 Å². The van der Waals surface area contributed by atoms with E-state index in [0.29, 0.717) is 44.1 Å². The maximum atomic E-state index is 12.8. The predicted molar refractivity (Wildman–Crippen MR) is 105 cm³/mol. The van der Waals surface area contributed by atoms with Gasteiger partial charge in [-0.05, 0) is 24.5 Å². The summed E-state index contributed by atoms with van der Waals surface area (Å²) < 4.78 is 5.55. The number of para-hydroxylation sites is 1. The molecule has 1 heterocycles. The van der Waals surface area contributed by atoms with Crippen LogP contribution in [0, 0.1) is 5.41 Å². The molecule has 1 aliphatic heterocycles. The lowest BCUT2D eigenvalue weighted by molar-refractivity contribution is -0.136. The summed E-state index contributed by atoms with van der Waals surface area (Å²) in [5, 5.41) is 0. The van der Waals surface area contributed by atoms with Crippen LogP contribution in [0.5, 0.6) is 5.75 Å². The first-order valence-corrected chi connectivity index (χ1v) is 8.81. The van der Waals surface area contributed by atoms with Crippen LogP contribution in [0.2, 0.25) is 0 Å². The van der Waals surface area contributed by atoms with Crippen LogP contribution in [-0.2, 0) is 4.79 Å². The molecule has 146 valence electrons. The number of hydrogen-bond donors (Lipinski definition) is 1. The number of rotatable bonds is 4. The molecule has 0 radical (unpaired) electrons. The highest BCUT2D eigenvalue weighted by atomic mass is 35.5. The lowest BCUT2D eigenvalue weighted by atomic mass is 9.86. The molecule has 6 nitrogen and oxygen atoms in total. The third kappa shape index (κ3) is 5.11. The molecular formula is C19H30ClN3O3. The highest BCUT2D eigenvalue weighted by Crippen LogP contribution is 2.22. The molecule has 0 aromatic heterocycles. The Hall–Kier alpha value is -1.79. The van der Waals surface area contributed by atoms with Crippen molar-refractivity contribution < 1.29 is 14.3 Å². The van der Waals surface area contributed by atoms with Gasteiger partial charge in [0.25, 0.3) is 5.91 Å². The van der Waals surface area contributed by atoms with Gasteiger partial charge < -0.3 is 20.3 Å². The molecule has 2 N–H and O–H groups in total. The number of benzene rings is 1. The average Bonchev–Trinajstić information content (AvgIpc) is 2.60. The Balaban J connectivity index is 0.00000338. The number of carbonyl (C=O) groups is 2. The van der Waals surface area contributed by atoms with Crippen molar-refractivity contribution in [2.75, 3.05) is 32.8 Å². The molecule has 1 aliphatic rings. The SMILES string of the molecule is CCOc1ccccc1C(=O)N1CCN(C(=O)[C@@H](N)C(C)(C)C)CC1.Cl. The fraction of sp³-hybridized carbons (Fsp3) is 0.579. The minimum absolute atomic E-state index is 0. The smallest absolute Gasteiger partial charge is 0.257 e. The van der Waals surface area contributed by atoms with Gasteiger partial charge in [-0.1, -0.05) is 32.9 Å². The molecule has 2 amide bonds.